The smallest absolute Gasteiger partial charge is 0.277 e. The fourth-order valence-electron chi connectivity index (χ4n) is 3.83. The molecule has 0 saturated carbocycles. The van der Waals surface area contributed by atoms with Crippen LogP contribution in [0.1, 0.15) is 35.1 Å². The maximum atomic E-state index is 13.2. The van der Waals surface area contributed by atoms with Crippen molar-refractivity contribution in [3.8, 4) is 0 Å². The standard InChI is InChI=1S/C19H22N4O3S/c1-12-9-16(22-19(20-12)21-15-7-8-27(25,26)11-15)18(24)23-13(2)10-14-5-3-4-6-17(14)23/h3-6,9,13,15H,7-8,10-11H2,1-2H3,(H,20,21,22). The fourth-order valence-corrected chi connectivity index (χ4v) is 5.51. The second-order valence-electron chi connectivity index (χ2n) is 7.32. The number of carbonyl (C=O) groups excluding carboxylic acids is 1. The van der Waals surface area contributed by atoms with Crippen LogP contribution in [0, 0.1) is 6.92 Å². The summed E-state index contributed by atoms with van der Waals surface area (Å²) < 4.78 is 23.3. The average Bonchev–Trinajstić information content (AvgIpc) is 3.11. The summed E-state index contributed by atoms with van der Waals surface area (Å²) in [5.74, 6) is 0.384. The van der Waals surface area contributed by atoms with Gasteiger partial charge in [0, 0.05) is 23.5 Å². The number of rotatable bonds is 3. The molecule has 0 bridgehead atoms. The lowest BCUT2D eigenvalue weighted by Gasteiger charge is -2.22. The van der Waals surface area contributed by atoms with Crippen molar-refractivity contribution in [2.45, 2.75) is 38.8 Å². The molecule has 1 amide bonds. The van der Waals surface area contributed by atoms with Crippen molar-refractivity contribution in [1.82, 2.24) is 9.97 Å². The van der Waals surface area contributed by atoms with Gasteiger partial charge in [0.2, 0.25) is 5.95 Å². The molecule has 142 valence electrons. The molecule has 0 aliphatic carbocycles. The molecular formula is C19H22N4O3S. The van der Waals surface area contributed by atoms with Crippen molar-refractivity contribution in [2.75, 3.05) is 21.7 Å². The van der Waals surface area contributed by atoms with Crippen LogP contribution in [-0.4, -0.2) is 47.9 Å². The molecule has 2 unspecified atom stereocenters. The third-order valence-electron chi connectivity index (χ3n) is 5.07. The van der Waals surface area contributed by atoms with Crippen LogP contribution in [0.15, 0.2) is 30.3 Å². The second kappa shape index (κ2) is 6.60. The molecule has 2 aromatic rings. The molecule has 1 aromatic heterocycles. The van der Waals surface area contributed by atoms with Gasteiger partial charge in [-0.1, -0.05) is 18.2 Å². The highest BCUT2D eigenvalue weighted by atomic mass is 32.2. The summed E-state index contributed by atoms with van der Waals surface area (Å²) in [6, 6.07) is 9.41. The zero-order valence-corrected chi connectivity index (χ0v) is 16.2. The SMILES string of the molecule is Cc1cc(C(=O)N2c3ccccc3CC2C)nc(NC2CCS(=O)(=O)C2)n1. The van der Waals surface area contributed by atoms with E-state index in [4.69, 9.17) is 0 Å². The van der Waals surface area contributed by atoms with Crippen LogP contribution in [0.25, 0.3) is 0 Å². The topological polar surface area (TPSA) is 92.3 Å². The molecule has 0 spiro atoms. The second-order valence-corrected chi connectivity index (χ2v) is 9.55. The minimum Gasteiger partial charge on any atom is -0.350 e. The highest BCUT2D eigenvalue weighted by Crippen LogP contribution is 2.33. The number of para-hydroxylation sites is 1. The van der Waals surface area contributed by atoms with Crippen molar-refractivity contribution in [2.24, 2.45) is 0 Å². The first-order valence-corrected chi connectivity index (χ1v) is 10.9. The molecule has 1 saturated heterocycles. The third kappa shape index (κ3) is 3.53. The van der Waals surface area contributed by atoms with E-state index >= 15 is 0 Å². The Balaban J connectivity index is 1.61. The van der Waals surface area contributed by atoms with Gasteiger partial charge in [0.1, 0.15) is 5.69 Å². The van der Waals surface area contributed by atoms with E-state index in [9.17, 15) is 13.2 Å². The number of sulfone groups is 1. The van der Waals surface area contributed by atoms with E-state index < -0.39 is 9.84 Å². The minimum atomic E-state index is -3.00. The number of carbonyl (C=O) groups is 1. The maximum Gasteiger partial charge on any atom is 0.277 e. The van der Waals surface area contributed by atoms with Gasteiger partial charge in [0.05, 0.1) is 11.5 Å². The average molecular weight is 386 g/mol. The van der Waals surface area contributed by atoms with Crippen LogP contribution in [0.5, 0.6) is 0 Å². The first-order chi connectivity index (χ1) is 12.8. The molecule has 27 heavy (non-hydrogen) atoms. The molecule has 1 aromatic carbocycles. The molecule has 7 nitrogen and oxygen atoms in total. The van der Waals surface area contributed by atoms with E-state index in [1.54, 1.807) is 17.9 Å². The molecule has 2 aliphatic rings. The lowest BCUT2D eigenvalue weighted by molar-refractivity contribution is 0.0976. The Hall–Kier alpha value is -2.48. The van der Waals surface area contributed by atoms with Crippen LogP contribution in [0.2, 0.25) is 0 Å². The van der Waals surface area contributed by atoms with Crippen molar-refractivity contribution < 1.29 is 13.2 Å². The number of aromatic nitrogens is 2. The summed E-state index contributed by atoms with van der Waals surface area (Å²) in [5.41, 5.74) is 3.05. The highest BCUT2D eigenvalue weighted by Gasteiger charge is 2.33. The zero-order valence-electron chi connectivity index (χ0n) is 15.3. The van der Waals surface area contributed by atoms with Crippen LogP contribution in [-0.2, 0) is 16.3 Å². The maximum absolute atomic E-state index is 13.2. The van der Waals surface area contributed by atoms with E-state index in [0.717, 1.165) is 17.7 Å². The van der Waals surface area contributed by atoms with Crippen molar-refractivity contribution in [1.29, 1.82) is 0 Å². The zero-order chi connectivity index (χ0) is 19.2. The van der Waals surface area contributed by atoms with E-state index in [1.807, 2.05) is 31.2 Å². The number of benzene rings is 1. The summed E-state index contributed by atoms with van der Waals surface area (Å²) in [7, 11) is -3.00. The molecule has 0 radical (unpaired) electrons. The predicted octanol–water partition coefficient (Wildman–Crippen LogP) is 1.98. The van der Waals surface area contributed by atoms with Crippen LogP contribution in [0.4, 0.5) is 11.6 Å². The predicted molar refractivity (Wildman–Crippen MR) is 104 cm³/mol. The Morgan fingerprint density at radius 1 is 1.26 bits per heavy atom. The Morgan fingerprint density at radius 2 is 2.04 bits per heavy atom. The van der Waals surface area contributed by atoms with Crippen LogP contribution < -0.4 is 10.2 Å². The summed E-state index contributed by atoms with van der Waals surface area (Å²) in [5, 5.41) is 3.08. The summed E-state index contributed by atoms with van der Waals surface area (Å²) in [4.78, 5) is 23.7. The fraction of sp³-hybridized carbons (Fsp3) is 0.421. The molecular weight excluding hydrogens is 364 g/mol. The summed E-state index contributed by atoms with van der Waals surface area (Å²) >= 11 is 0. The first kappa shape index (κ1) is 17.9. The highest BCUT2D eigenvalue weighted by molar-refractivity contribution is 7.91. The van der Waals surface area contributed by atoms with Gasteiger partial charge < -0.3 is 10.2 Å². The van der Waals surface area contributed by atoms with Gasteiger partial charge >= 0.3 is 0 Å². The van der Waals surface area contributed by atoms with Gasteiger partial charge in [-0.2, -0.15) is 0 Å². The summed E-state index contributed by atoms with van der Waals surface area (Å²) in [6.45, 7) is 3.82. The van der Waals surface area contributed by atoms with E-state index in [-0.39, 0.29) is 29.5 Å². The van der Waals surface area contributed by atoms with E-state index in [2.05, 4.69) is 15.3 Å². The molecule has 2 aliphatic heterocycles. The van der Waals surface area contributed by atoms with Gasteiger partial charge in [-0.25, -0.2) is 18.4 Å². The lowest BCUT2D eigenvalue weighted by Crippen LogP contribution is -2.36. The normalized spacial score (nSPS) is 23.3. The quantitative estimate of drug-likeness (QED) is 0.867. The number of aryl methyl sites for hydroxylation is 1. The summed E-state index contributed by atoms with van der Waals surface area (Å²) in [6.07, 6.45) is 1.34. The van der Waals surface area contributed by atoms with Crippen LogP contribution >= 0.6 is 0 Å². The molecule has 1 fully saturated rings. The van der Waals surface area contributed by atoms with Gasteiger partial charge in [-0.05, 0) is 44.4 Å². The first-order valence-electron chi connectivity index (χ1n) is 9.06. The number of nitrogens with zero attached hydrogens (tertiary/aromatic N) is 3. The number of amides is 1. The van der Waals surface area contributed by atoms with Gasteiger partial charge in [0.25, 0.3) is 5.91 Å². The van der Waals surface area contributed by atoms with Gasteiger partial charge in [-0.3, -0.25) is 4.79 Å². The Labute approximate surface area is 158 Å². The Bertz CT molecular complexity index is 1010. The van der Waals surface area contributed by atoms with Crippen molar-refractivity contribution in [3.63, 3.8) is 0 Å². The third-order valence-corrected chi connectivity index (χ3v) is 6.83. The lowest BCUT2D eigenvalue weighted by atomic mass is 10.1. The Kier molecular flexibility index (Phi) is 4.38. The minimum absolute atomic E-state index is 0.0570. The molecule has 8 heteroatoms. The van der Waals surface area contributed by atoms with Crippen molar-refractivity contribution in [3.05, 3.63) is 47.3 Å². The molecule has 4 rings (SSSR count). The number of nitrogens with one attached hydrogen (secondary N) is 1. The van der Waals surface area contributed by atoms with Crippen LogP contribution in [0.3, 0.4) is 0 Å². The number of anilines is 2. The monoisotopic (exact) mass is 386 g/mol. The molecule has 1 N–H and O–H groups in total. The van der Waals surface area contributed by atoms with Crippen molar-refractivity contribution >= 4 is 27.4 Å². The van der Waals surface area contributed by atoms with E-state index in [0.29, 0.717) is 23.8 Å². The number of hydrogen-bond donors (Lipinski definition) is 1. The Morgan fingerprint density at radius 3 is 2.78 bits per heavy atom. The van der Waals surface area contributed by atoms with Gasteiger partial charge in [-0.15, -0.1) is 0 Å². The number of hydrogen-bond acceptors (Lipinski definition) is 6. The molecule has 2 atom stereocenters. The van der Waals surface area contributed by atoms with Gasteiger partial charge in [0.15, 0.2) is 9.84 Å². The number of fused-ring (bicyclic) bond motifs is 1. The molecule has 3 heterocycles. The largest absolute Gasteiger partial charge is 0.350 e. The van der Waals surface area contributed by atoms with E-state index in [1.165, 1.54) is 0 Å².